The molecule has 0 aliphatic rings. The fraction of sp³-hybridized carbons (Fsp3) is 0.250. The van der Waals surface area contributed by atoms with E-state index in [4.69, 9.17) is 18.8 Å². The van der Waals surface area contributed by atoms with Crippen molar-refractivity contribution in [3.63, 3.8) is 0 Å². The van der Waals surface area contributed by atoms with Gasteiger partial charge in [-0.25, -0.2) is 0 Å². The zero-order chi connectivity index (χ0) is 21.7. The summed E-state index contributed by atoms with van der Waals surface area (Å²) in [5.41, 5.74) is 0. The van der Waals surface area contributed by atoms with Crippen molar-refractivity contribution < 1.29 is 54.6 Å². The van der Waals surface area contributed by atoms with Gasteiger partial charge in [0.2, 0.25) is 0 Å². The minimum Gasteiger partial charge on any atom is -0.526 e. The smallest absolute Gasteiger partial charge is 0.526 e. The first-order valence-electron chi connectivity index (χ1n) is 7.64. The van der Waals surface area contributed by atoms with Crippen molar-refractivity contribution in [3.05, 3.63) is 36.4 Å². The number of halogens is 6. The number of ether oxygens (including phenoxy) is 4. The lowest BCUT2D eigenvalue weighted by Gasteiger charge is -2.17. The maximum absolute atomic E-state index is 12.5. The van der Waals surface area contributed by atoms with E-state index in [0.717, 1.165) is 24.3 Å². The Bertz CT molecular complexity index is 759. The van der Waals surface area contributed by atoms with Gasteiger partial charge in [-0.3, -0.25) is 0 Å². The second-order valence-corrected chi connectivity index (χ2v) is 5.13. The summed E-state index contributed by atoms with van der Waals surface area (Å²) in [5.74, 6) is -1.92. The van der Waals surface area contributed by atoms with E-state index in [0.29, 0.717) is 0 Å². The molecule has 0 radical (unpaired) electrons. The van der Waals surface area contributed by atoms with Crippen molar-refractivity contribution in [2.75, 3.05) is 14.2 Å². The molecule has 0 aromatic heterocycles. The summed E-state index contributed by atoms with van der Waals surface area (Å²) in [6.07, 6.45) is -9.98. The third kappa shape index (κ3) is 7.09. The van der Waals surface area contributed by atoms with Crippen LogP contribution in [0.25, 0.3) is 0 Å². The van der Waals surface area contributed by atoms with Crippen LogP contribution in [0, 0.1) is 0 Å². The van der Waals surface area contributed by atoms with Gasteiger partial charge in [-0.1, -0.05) is 0 Å². The van der Waals surface area contributed by atoms with Crippen LogP contribution in [-0.4, -0.2) is 34.6 Å². The van der Waals surface area contributed by atoms with E-state index in [2.05, 4.69) is 9.47 Å². The van der Waals surface area contributed by atoms with Gasteiger partial charge in [-0.05, 0) is 24.3 Å². The number of benzene rings is 2. The molecule has 0 fully saturated rings. The SMILES string of the molecule is COc1ccc(OC(F)(F)F)c(OBOc2cc(OC)ccc2OC(F)(F)F)c1. The summed E-state index contributed by atoms with van der Waals surface area (Å²) < 4.78 is 103. The summed E-state index contributed by atoms with van der Waals surface area (Å²) in [4.78, 5) is 0. The first-order chi connectivity index (χ1) is 13.5. The maximum atomic E-state index is 12.5. The maximum Gasteiger partial charge on any atom is 0.576 e. The van der Waals surface area contributed by atoms with Crippen LogP contribution < -0.4 is 28.3 Å². The Labute approximate surface area is 161 Å². The van der Waals surface area contributed by atoms with E-state index in [9.17, 15) is 26.3 Å². The Morgan fingerprint density at radius 1 is 0.621 bits per heavy atom. The van der Waals surface area contributed by atoms with Crippen molar-refractivity contribution in [2.45, 2.75) is 12.7 Å². The van der Waals surface area contributed by atoms with Crippen LogP contribution in [0.15, 0.2) is 36.4 Å². The molecule has 0 amide bonds. The molecule has 0 saturated carbocycles. The second-order valence-electron chi connectivity index (χ2n) is 5.13. The van der Waals surface area contributed by atoms with Gasteiger partial charge in [0.1, 0.15) is 23.0 Å². The van der Waals surface area contributed by atoms with Crippen LogP contribution in [0.4, 0.5) is 26.3 Å². The van der Waals surface area contributed by atoms with Gasteiger partial charge in [0.25, 0.3) is 0 Å². The van der Waals surface area contributed by atoms with E-state index >= 15 is 0 Å². The van der Waals surface area contributed by atoms with Crippen LogP contribution in [0.3, 0.4) is 0 Å². The van der Waals surface area contributed by atoms with Gasteiger partial charge < -0.3 is 28.3 Å². The Morgan fingerprint density at radius 3 is 1.31 bits per heavy atom. The lowest BCUT2D eigenvalue weighted by atomic mass is 10.2. The summed E-state index contributed by atoms with van der Waals surface area (Å²) in [7, 11) is 1.77. The topological polar surface area (TPSA) is 55.4 Å². The van der Waals surface area contributed by atoms with E-state index in [1.807, 2.05) is 0 Å². The summed E-state index contributed by atoms with van der Waals surface area (Å²) >= 11 is 0. The normalized spacial score (nSPS) is 11.4. The molecule has 0 spiro atoms. The Hall–Kier alpha value is -3.12. The van der Waals surface area contributed by atoms with E-state index in [-0.39, 0.29) is 11.5 Å². The molecule has 6 nitrogen and oxygen atoms in total. The van der Waals surface area contributed by atoms with E-state index < -0.39 is 43.4 Å². The lowest BCUT2D eigenvalue weighted by Crippen LogP contribution is -2.20. The molecule has 0 unspecified atom stereocenters. The first kappa shape index (κ1) is 22.2. The molecule has 0 saturated heterocycles. The lowest BCUT2D eigenvalue weighted by molar-refractivity contribution is -0.275. The number of hydrogen-bond donors (Lipinski definition) is 0. The first-order valence-corrected chi connectivity index (χ1v) is 7.64. The van der Waals surface area contributed by atoms with Crippen molar-refractivity contribution >= 4 is 7.69 Å². The van der Waals surface area contributed by atoms with Crippen LogP contribution in [0.2, 0.25) is 0 Å². The molecule has 158 valence electrons. The molecule has 2 aromatic rings. The molecule has 0 aliphatic heterocycles. The molecule has 2 rings (SSSR count). The predicted molar refractivity (Wildman–Crippen MR) is 87.8 cm³/mol. The van der Waals surface area contributed by atoms with Gasteiger partial charge in [0, 0.05) is 12.1 Å². The second kappa shape index (κ2) is 8.92. The predicted octanol–water partition coefficient (Wildman–Crippen LogP) is 4.23. The van der Waals surface area contributed by atoms with Gasteiger partial charge in [-0.2, -0.15) is 0 Å². The Balaban J connectivity index is 2.18. The molecular weight excluding hydrogens is 413 g/mol. The molecule has 29 heavy (non-hydrogen) atoms. The quantitative estimate of drug-likeness (QED) is 0.466. The van der Waals surface area contributed by atoms with E-state index in [1.54, 1.807) is 0 Å². The number of rotatable bonds is 8. The van der Waals surface area contributed by atoms with Crippen molar-refractivity contribution in [2.24, 2.45) is 0 Å². The van der Waals surface area contributed by atoms with Crippen LogP contribution >= 0.6 is 0 Å². The van der Waals surface area contributed by atoms with Crippen LogP contribution in [0.5, 0.6) is 34.5 Å². The highest BCUT2D eigenvalue weighted by Crippen LogP contribution is 2.37. The largest absolute Gasteiger partial charge is 0.576 e. The van der Waals surface area contributed by atoms with Crippen molar-refractivity contribution in [1.29, 1.82) is 0 Å². The van der Waals surface area contributed by atoms with Gasteiger partial charge >= 0.3 is 20.4 Å². The minimum absolute atomic E-state index is 0.150. The Morgan fingerprint density at radius 2 is 1.00 bits per heavy atom. The standard InChI is InChI=1S/C16H13BF6O6/c1-24-9-3-5-11(26-15(18,19)20)13(7-9)28-17-29-14-8-10(25-2)4-6-12(14)27-16(21,22)23/h3-8,17H,1-2H3. The summed E-state index contributed by atoms with van der Waals surface area (Å²) in [5, 5.41) is 0. The number of alkyl halides is 6. The average molecular weight is 426 g/mol. The highest BCUT2D eigenvalue weighted by molar-refractivity contribution is 6.21. The highest BCUT2D eigenvalue weighted by atomic mass is 19.4. The minimum atomic E-state index is -4.99. The van der Waals surface area contributed by atoms with Gasteiger partial charge in [-0.15, -0.1) is 26.3 Å². The third-order valence-electron chi connectivity index (χ3n) is 3.18. The fourth-order valence-corrected chi connectivity index (χ4v) is 2.03. The van der Waals surface area contributed by atoms with E-state index in [1.165, 1.54) is 26.4 Å². The summed E-state index contributed by atoms with van der Waals surface area (Å²) in [6, 6.07) is 6.47. The Kier molecular flexibility index (Phi) is 6.82. The molecular formula is C16H13BF6O6. The van der Waals surface area contributed by atoms with Crippen LogP contribution in [-0.2, 0) is 0 Å². The van der Waals surface area contributed by atoms with Crippen LogP contribution in [0.1, 0.15) is 0 Å². The molecule has 0 heterocycles. The monoisotopic (exact) mass is 426 g/mol. The molecule has 13 heteroatoms. The molecule has 2 aromatic carbocycles. The molecule has 0 atom stereocenters. The fourth-order valence-electron chi connectivity index (χ4n) is 2.03. The third-order valence-corrected chi connectivity index (χ3v) is 3.18. The highest BCUT2D eigenvalue weighted by Gasteiger charge is 2.33. The molecule has 0 bridgehead atoms. The molecule has 0 aliphatic carbocycles. The van der Waals surface area contributed by atoms with Crippen molar-refractivity contribution in [1.82, 2.24) is 0 Å². The number of methoxy groups -OCH3 is 2. The van der Waals surface area contributed by atoms with Crippen molar-refractivity contribution in [3.8, 4) is 34.5 Å². The van der Waals surface area contributed by atoms with Gasteiger partial charge in [0.15, 0.2) is 11.5 Å². The number of hydrogen-bond acceptors (Lipinski definition) is 6. The van der Waals surface area contributed by atoms with Gasteiger partial charge in [0.05, 0.1) is 14.2 Å². The zero-order valence-corrected chi connectivity index (χ0v) is 14.9. The zero-order valence-electron chi connectivity index (χ0n) is 14.9. The average Bonchev–Trinajstić information content (AvgIpc) is 2.61. The molecule has 0 N–H and O–H groups in total. The summed E-state index contributed by atoms with van der Waals surface area (Å²) in [6.45, 7) is 0.